The molecule has 0 saturated heterocycles. The molecule has 0 aromatic heterocycles. The molecular weight excluding hydrogens is 247 g/mol. The molecule has 86 valence electrons. The quantitative estimate of drug-likeness (QED) is 0.606. The number of rotatable bonds is 3. The maximum Gasteiger partial charge on any atom is 0.331 e. The number of carbonyl (C=O) groups is 1. The lowest BCUT2D eigenvalue weighted by molar-refractivity contribution is -0.137. The van der Waals surface area contributed by atoms with Gasteiger partial charge < -0.3 is 4.74 Å². The normalized spacial score (nSPS) is 11.4. The number of benzene rings is 1. The molecule has 0 fully saturated rings. The molecule has 16 heavy (non-hydrogen) atoms. The summed E-state index contributed by atoms with van der Waals surface area (Å²) >= 11 is 11.7. The lowest BCUT2D eigenvalue weighted by Crippen LogP contribution is -2.00. The van der Waals surface area contributed by atoms with Gasteiger partial charge in [0.25, 0.3) is 0 Å². The SMILES string of the molecule is CCOC(=O)C=C(C)c1ccc(Cl)c(Cl)c1. The maximum absolute atomic E-state index is 11.2. The van der Waals surface area contributed by atoms with Gasteiger partial charge in [-0.25, -0.2) is 4.79 Å². The van der Waals surface area contributed by atoms with Crippen LogP contribution in [0.25, 0.3) is 5.57 Å². The Morgan fingerprint density at radius 1 is 1.38 bits per heavy atom. The van der Waals surface area contributed by atoms with Gasteiger partial charge in [0, 0.05) is 6.08 Å². The first-order chi connectivity index (χ1) is 7.54. The molecule has 0 amide bonds. The Morgan fingerprint density at radius 3 is 2.62 bits per heavy atom. The largest absolute Gasteiger partial charge is 0.463 e. The van der Waals surface area contributed by atoms with E-state index in [0.29, 0.717) is 16.7 Å². The second-order valence-electron chi connectivity index (χ2n) is 3.21. The number of carbonyl (C=O) groups excluding carboxylic acids is 1. The Bertz CT molecular complexity index is 425. The van der Waals surface area contributed by atoms with Crippen molar-refractivity contribution in [1.29, 1.82) is 0 Å². The first-order valence-corrected chi connectivity index (χ1v) is 5.60. The number of hydrogen-bond acceptors (Lipinski definition) is 2. The lowest BCUT2D eigenvalue weighted by Gasteiger charge is -2.03. The van der Waals surface area contributed by atoms with Crippen molar-refractivity contribution in [1.82, 2.24) is 0 Å². The second-order valence-corrected chi connectivity index (χ2v) is 4.02. The first kappa shape index (κ1) is 13.1. The molecule has 0 spiro atoms. The van der Waals surface area contributed by atoms with Crippen LogP contribution in [0.15, 0.2) is 24.3 Å². The van der Waals surface area contributed by atoms with Crippen molar-refractivity contribution in [3.8, 4) is 0 Å². The molecule has 0 bridgehead atoms. The average Bonchev–Trinajstić information content (AvgIpc) is 2.22. The van der Waals surface area contributed by atoms with Gasteiger partial charge in [0.2, 0.25) is 0 Å². The van der Waals surface area contributed by atoms with Crippen molar-refractivity contribution in [2.75, 3.05) is 6.61 Å². The lowest BCUT2D eigenvalue weighted by atomic mass is 10.1. The van der Waals surface area contributed by atoms with Crippen molar-refractivity contribution in [3.05, 3.63) is 39.9 Å². The highest BCUT2D eigenvalue weighted by molar-refractivity contribution is 6.42. The van der Waals surface area contributed by atoms with E-state index in [1.807, 2.05) is 6.92 Å². The molecule has 4 heteroatoms. The number of allylic oxidation sites excluding steroid dienone is 1. The summed E-state index contributed by atoms with van der Waals surface area (Å²) < 4.78 is 4.81. The zero-order chi connectivity index (χ0) is 12.1. The van der Waals surface area contributed by atoms with Gasteiger partial charge >= 0.3 is 5.97 Å². The molecule has 0 unspecified atom stereocenters. The van der Waals surface area contributed by atoms with Crippen LogP contribution in [-0.2, 0) is 9.53 Å². The molecule has 0 heterocycles. The Balaban J connectivity index is 2.91. The zero-order valence-corrected chi connectivity index (χ0v) is 10.6. The first-order valence-electron chi connectivity index (χ1n) is 4.85. The molecule has 1 aromatic rings. The van der Waals surface area contributed by atoms with Gasteiger partial charge in [-0.2, -0.15) is 0 Å². The van der Waals surface area contributed by atoms with E-state index < -0.39 is 0 Å². The van der Waals surface area contributed by atoms with Crippen molar-refractivity contribution in [2.45, 2.75) is 13.8 Å². The van der Waals surface area contributed by atoms with E-state index in [1.54, 1.807) is 25.1 Å². The molecular formula is C12H12Cl2O2. The van der Waals surface area contributed by atoms with Gasteiger partial charge in [-0.1, -0.05) is 29.3 Å². The molecule has 0 atom stereocenters. The van der Waals surface area contributed by atoms with Crippen molar-refractivity contribution < 1.29 is 9.53 Å². The minimum atomic E-state index is -0.355. The number of hydrogen-bond donors (Lipinski definition) is 0. The highest BCUT2D eigenvalue weighted by Gasteiger charge is 2.03. The van der Waals surface area contributed by atoms with Crippen LogP contribution in [-0.4, -0.2) is 12.6 Å². The summed E-state index contributed by atoms with van der Waals surface area (Å²) in [5.74, 6) is -0.355. The summed E-state index contributed by atoms with van der Waals surface area (Å²) in [6.07, 6.45) is 1.43. The van der Waals surface area contributed by atoms with E-state index in [-0.39, 0.29) is 5.97 Å². The fourth-order valence-electron chi connectivity index (χ4n) is 1.19. The maximum atomic E-state index is 11.2. The van der Waals surface area contributed by atoms with Crippen molar-refractivity contribution >= 4 is 34.7 Å². The fourth-order valence-corrected chi connectivity index (χ4v) is 1.48. The molecule has 1 rings (SSSR count). The minimum Gasteiger partial charge on any atom is -0.463 e. The molecule has 0 aliphatic carbocycles. The number of halogens is 2. The van der Waals surface area contributed by atoms with Crippen LogP contribution >= 0.6 is 23.2 Å². The molecule has 1 aromatic carbocycles. The molecule has 2 nitrogen and oxygen atoms in total. The number of ether oxygens (including phenoxy) is 1. The summed E-state index contributed by atoms with van der Waals surface area (Å²) in [6.45, 7) is 3.95. The van der Waals surface area contributed by atoms with Gasteiger partial charge in [-0.15, -0.1) is 0 Å². The van der Waals surface area contributed by atoms with E-state index in [1.165, 1.54) is 6.08 Å². The van der Waals surface area contributed by atoms with Crippen LogP contribution in [0.4, 0.5) is 0 Å². The van der Waals surface area contributed by atoms with Crippen molar-refractivity contribution in [3.63, 3.8) is 0 Å². The summed E-state index contributed by atoms with van der Waals surface area (Å²) in [7, 11) is 0. The smallest absolute Gasteiger partial charge is 0.331 e. The van der Waals surface area contributed by atoms with Crippen LogP contribution in [0.5, 0.6) is 0 Å². The van der Waals surface area contributed by atoms with Crippen LogP contribution in [0.2, 0.25) is 10.0 Å². The number of esters is 1. The topological polar surface area (TPSA) is 26.3 Å². The third-order valence-electron chi connectivity index (χ3n) is 2.00. The van der Waals surface area contributed by atoms with Gasteiger partial charge in [0.15, 0.2) is 0 Å². The highest BCUT2D eigenvalue weighted by Crippen LogP contribution is 2.25. The zero-order valence-electron chi connectivity index (χ0n) is 9.09. The van der Waals surface area contributed by atoms with Crippen molar-refractivity contribution in [2.24, 2.45) is 0 Å². The van der Waals surface area contributed by atoms with Gasteiger partial charge in [-0.3, -0.25) is 0 Å². The molecule has 0 radical (unpaired) electrons. The average molecular weight is 259 g/mol. The summed E-state index contributed by atoms with van der Waals surface area (Å²) in [6, 6.07) is 5.22. The van der Waals surface area contributed by atoms with E-state index >= 15 is 0 Å². The van der Waals surface area contributed by atoms with E-state index in [4.69, 9.17) is 27.9 Å². The molecule has 0 saturated carbocycles. The highest BCUT2D eigenvalue weighted by atomic mass is 35.5. The summed E-state index contributed by atoms with van der Waals surface area (Å²) in [5, 5.41) is 0.963. The summed E-state index contributed by atoms with van der Waals surface area (Å²) in [4.78, 5) is 11.2. The van der Waals surface area contributed by atoms with Gasteiger partial charge in [0.05, 0.1) is 16.7 Å². The molecule has 0 aliphatic rings. The monoisotopic (exact) mass is 258 g/mol. The Morgan fingerprint density at radius 2 is 2.06 bits per heavy atom. The fraction of sp³-hybridized carbons (Fsp3) is 0.250. The Kier molecular flexibility index (Phi) is 4.84. The second kappa shape index (κ2) is 5.92. The van der Waals surface area contributed by atoms with Crippen LogP contribution < -0.4 is 0 Å². The third-order valence-corrected chi connectivity index (χ3v) is 2.73. The van der Waals surface area contributed by atoms with E-state index in [9.17, 15) is 4.79 Å². The van der Waals surface area contributed by atoms with E-state index in [0.717, 1.165) is 11.1 Å². The third kappa shape index (κ3) is 3.54. The minimum absolute atomic E-state index is 0.355. The molecule has 0 aliphatic heterocycles. The Hall–Kier alpha value is -0.990. The van der Waals surface area contributed by atoms with Gasteiger partial charge in [0.1, 0.15) is 0 Å². The summed E-state index contributed by atoms with van der Waals surface area (Å²) in [5.41, 5.74) is 1.64. The van der Waals surface area contributed by atoms with Crippen LogP contribution in [0, 0.1) is 0 Å². The Labute approximate surface area is 105 Å². The predicted octanol–water partition coefficient (Wildman–Crippen LogP) is 3.96. The van der Waals surface area contributed by atoms with Gasteiger partial charge in [-0.05, 0) is 37.1 Å². The van der Waals surface area contributed by atoms with E-state index in [2.05, 4.69) is 0 Å². The predicted molar refractivity (Wildman–Crippen MR) is 66.7 cm³/mol. The van der Waals surface area contributed by atoms with Crippen LogP contribution in [0.1, 0.15) is 19.4 Å². The van der Waals surface area contributed by atoms with Crippen LogP contribution in [0.3, 0.4) is 0 Å². The molecule has 0 N–H and O–H groups in total. The standard InChI is InChI=1S/C12H12Cl2O2/c1-3-16-12(15)6-8(2)9-4-5-10(13)11(14)7-9/h4-7H,3H2,1-2H3.